The summed E-state index contributed by atoms with van der Waals surface area (Å²) in [5, 5.41) is 11.3. The third kappa shape index (κ3) is 7.36. The Morgan fingerprint density at radius 2 is 1.45 bits per heavy atom. The van der Waals surface area contributed by atoms with E-state index in [4.69, 9.17) is 0 Å². The molecular formula is C9H10BF7NOS-. The summed E-state index contributed by atoms with van der Waals surface area (Å²) in [5.41, 5.74) is -4.41. The van der Waals surface area contributed by atoms with Crippen LogP contribution < -0.4 is 5.11 Å². The number of alkyl halides is 3. The SMILES string of the molecule is C[N+](C)=S(c1ccccc1[O-])C(F)(F)F.F[B-](F)(F)F. The first-order chi connectivity index (χ1) is 8.84. The van der Waals surface area contributed by atoms with Crippen LogP contribution in [0.3, 0.4) is 0 Å². The molecule has 116 valence electrons. The Morgan fingerprint density at radius 1 is 1.05 bits per heavy atom. The molecule has 1 aromatic carbocycles. The van der Waals surface area contributed by atoms with Crippen molar-refractivity contribution in [2.45, 2.75) is 10.4 Å². The van der Waals surface area contributed by atoms with Crippen molar-refractivity contribution in [3.63, 3.8) is 0 Å². The average molecular weight is 324 g/mol. The highest BCUT2D eigenvalue weighted by Gasteiger charge is 2.41. The Hall–Kier alpha value is -1.26. The maximum atomic E-state index is 12.7. The van der Waals surface area contributed by atoms with Gasteiger partial charge in [0.25, 0.3) is 0 Å². The highest BCUT2D eigenvalue weighted by atomic mass is 32.2. The van der Waals surface area contributed by atoms with E-state index in [9.17, 15) is 35.5 Å². The molecule has 11 heteroatoms. The fourth-order valence-corrected chi connectivity index (χ4v) is 2.66. The minimum Gasteiger partial charge on any atom is -0.872 e. The van der Waals surface area contributed by atoms with E-state index in [1.54, 1.807) is 0 Å². The molecule has 0 aliphatic carbocycles. The summed E-state index contributed by atoms with van der Waals surface area (Å²) in [6.45, 7) is 0. The second kappa shape index (κ2) is 6.96. The first-order valence-electron chi connectivity index (χ1n) is 4.96. The summed E-state index contributed by atoms with van der Waals surface area (Å²) < 4.78 is 78.0. The van der Waals surface area contributed by atoms with E-state index in [0.29, 0.717) is 0 Å². The van der Waals surface area contributed by atoms with Crippen molar-refractivity contribution in [2.24, 2.45) is 0 Å². The normalized spacial score (nSPS) is 13.2. The van der Waals surface area contributed by atoms with Crippen molar-refractivity contribution >= 4 is 17.9 Å². The van der Waals surface area contributed by atoms with Crippen molar-refractivity contribution < 1.29 is 39.5 Å². The van der Waals surface area contributed by atoms with Crippen LogP contribution in [0.2, 0.25) is 0 Å². The Kier molecular flexibility index (Phi) is 6.52. The van der Waals surface area contributed by atoms with Gasteiger partial charge in [-0.25, -0.2) is 3.95 Å². The standard InChI is InChI=1S/C9H10F3NOS.BF4/c1-13(2)15(9(10,11)12)8-6-4-3-5-7(8)14;2-1(3,4)5/h3-6H,1-2H3;/q;-1. The number of nitrogens with zero attached hydrogens (tertiary/aromatic N) is 1. The van der Waals surface area contributed by atoms with Gasteiger partial charge in [0.2, 0.25) is 0 Å². The highest BCUT2D eigenvalue weighted by molar-refractivity contribution is 7.86. The predicted molar refractivity (Wildman–Crippen MR) is 59.9 cm³/mol. The molecule has 0 spiro atoms. The maximum Gasteiger partial charge on any atom is 0.673 e. The molecule has 0 fully saturated rings. The zero-order chi connectivity index (χ0) is 16.1. The summed E-state index contributed by atoms with van der Waals surface area (Å²) in [7, 11) is -5.53. The van der Waals surface area contributed by atoms with E-state index in [0.717, 1.165) is 10.0 Å². The molecule has 1 unspecified atom stereocenters. The van der Waals surface area contributed by atoms with Crippen LogP contribution >= 0.6 is 0 Å². The average Bonchev–Trinajstić information content (AvgIpc) is 2.16. The van der Waals surface area contributed by atoms with Gasteiger partial charge in [0, 0.05) is 0 Å². The Balaban J connectivity index is 0.000000621. The molecule has 0 saturated carbocycles. The summed E-state index contributed by atoms with van der Waals surface area (Å²) in [5.74, 6) is -0.577. The van der Waals surface area contributed by atoms with Crippen molar-refractivity contribution in [2.75, 3.05) is 14.1 Å². The van der Waals surface area contributed by atoms with Crippen LogP contribution in [0.1, 0.15) is 0 Å². The molecule has 1 rings (SSSR count). The smallest absolute Gasteiger partial charge is 0.673 e. The van der Waals surface area contributed by atoms with Crippen LogP contribution in [0.15, 0.2) is 29.2 Å². The highest BCUT2D eigenvalue weighted by Crippen LogP contribution is 2.31. The molecule has 1 atom stereocenters. The Bertz CT molecular complexity index is 476. The molecule has 1 aromatic rings. The molecule has 0 aromatic heterocycles. The van der Waals surface area contributed by atoms with E-state index < -0.39 is 29.2 Å². The molecule has 0 heterocycles. The number of para-hydroxylation sites is 1. The zero-order valence-electron chi connectivity index (χ0n) is 10.3. The minimum absolute atomic E-state index is 0.213. The molecule has 20 heavy (non-hydrogen) atoms. The molecule has 0 radical (unpaired) electrons. The van der Waals surface area contributed by atoms with E-state index in [2.05, 4.69) is 0 Å². The maximum absolute atomic E-state index is 12.7. The first kappa shape index (κ1) is 18.7. The molecule has 0 aliphatic rings. The Labute approximate surface area is 113 Å². The van der Waals surface area contributed by atoms with Gasteiger partial charge in [-0.3, -0.25) is 0 Å². The number of hydrogen-bond donors (Lipinski definition) is 0. The zero-order valence-corrected chi connectivity index (χ0v) is 11.1. The van der Waals surface area contributed by atoms with Gasteiger partial charge in [0.05, 0.1) is 4.90 Å². The summed E-state index contributed by atoms with van der Waals surface area (Å²) in [6, 6.07) is 5.23. The largest absolute Gasteiger partial charge is 0.872 e. The first-order valence-corrected chi connectivity index (χ1v) is 6.14. The van der Waals surface area contributed by atoms with E-state index in [1.807, 2.05) is 0 Å². The van der Waals surface area contributed by atoms with E-state index >= 15 is 0 Å². The lowest BCUT2D eigenvalue weighted by Gasteiger charge is -2.15. The number of hydrogen-bond acceptors (Lipinski definition) is 1. The molecule has 0 aliphatic heterocycles. The molecule has 0 bridgehead atoms. The predicted octanol–water partition coefficient (Wildman–Crippen LogP) is 3.01. The van der Waals surface area contributed by atoms with Crippen molar-refractivity contribution in [3.05, 3.63) is 24.3 Å². The molecular weight excluding hydrogens is 314 g/mol. The monoisotopic (exact) mass is 324 g/mol. The topological polar surface area (TPSA) is 26.1 Å². The van der Waals surface area contributed by atoms with Crippen molar-refractivity contribution in [3.8, 4) is 5.75 Å². The van der Waals surface area contributed by atoms with Crippen molar-refractivity contribution in [1.29, 1.82) is 0 Å². The van der Waals surface area contributed by atoms with Crippen LogP contribution in [-0.4, -0.2) is 30.8 Å². The van der Waals surface area contributed by atoms with Crippen LogP contribution in [0, 0.1) is 0 Å². The third-order valence-corrected chi connectivity index (χ3v) is 3.56. The number of halogens is 7. The lowest BCUT2D eigenvalue weighted by atomic mass is 10.3. The van der Waals surface area contributed by atoms with Crippen LogP contribution in [0.4, 0.5) is 30.4 Å². The van der Waals surface area contributed by atoms with Crippen LogP contribution in [0.25, 0.3) is 0 Å². The summed E-state index contributed by atoms with van der Waals surface area (Å²) in [6.07, 6.45) is 0. The fraction of sp³-hybridized carbons (Fsp3) is 0.333. The van der Waals surface area contributed by atoms with Gasteiger partial charge >= 0.3 is 12.8 Å². The van der Waals surface area contributed by atoms with Gasteiger partial charge in [0.15, 0.2) is 10.7 Å². The molecule has 2 nitrogen and oxygen atoms in total. The molecule has 0 amide bonds. The minimum atomic E-state index is -6.00. The lowest BCUT2D eigenvalue weighted by Crippen LogP contribution is -2.24. The van der Waals surface area contributed by atoms with E-state index in [1.165, 1.54) is 32.3 Å². The van der Waals surface area contributed by atoms with Gasteiger partial charge in [-0.15, -0.1) is 0 Å². The van der Waals surface area contributed by atoms with Gasteiger partial charge in [0.1, 0.15) is 14.1 Å². The van der Waals surface area contributed by atoms with Gasteiger partial charge in [-0.05, 0) is 6.07 Å². The second-order valence-corrected chi connectivity index (χ2v) is 5.69. The molecule has 0 N–H and O–H groups in total. The van der Waals surface area contributed by atoms with Crippen molar-refractivity contribution in [1.82, 2.24) is 0 Å². The van der Waals surface area contributed by atoms with Crippen LogP contribution in [0.5, 0.6) is 5.75 Å². The molecule has 0 saturated heterocycles. The van der Waals surface area contributed by atoms with Crippen LogP contribution in [-0.2, 0) is 10.7 Å². The van der Waals surface area contributed by atoms with Gasteiger partial charge in [-0.1, -0.05) is 23.9 Å². The summed E-state index contributed by atoms with van der Waals surface area (Å²) >= 11 is 0. The lowest BCUT2D eigenvalue weighted by molar-refractivity contribution is -0.441. The Morgan fingerprint density at radius 3 is 1.75 bits per heavy atom. The summed E-state index contributed by atoms with van der Waals surface area (Å²) in [4.78, 5) is -0.213. The second-order valence-electron chi connectivity index (χ2n) is 3.48. The fourth-order valence-electron chi connectivity index (χ4n) is 1.14. The third-order valence-electron chi connectivity index (χ3n) is 1.64. The number of benzene rings is 1. The quantitative estimate of drug-likeness (QED) is 0.443. The number of rotatable bonds is 1. The van der Waals surface area contributed by atoms with E-state index in [-0.39, 0.29) is 4.90 Å². The van der Waals surface area contributed by atoms with Gasteiger partial charge in [-0.2, -0.15) is 13.2 Å². The van der Waals surface area contributed by atoms with Gasteiger partial charge < -0.3 is 22.4 Å².